The van der Waals surface area contributed by atoms with Crippen molar-refractivity contribution < 1.29 is 9.47 Å². The van der Waals surface area contributed by atoms with Crippen LogP contribution in [0.15, 0.2) is 18.2 Å². The van der Waals surface area contributed by atoms with Gasteiger partial charge < -0.3 is 14.4 Å². The Labute approximate surface area is 103 Å². The van der Waals surface area contributed by atoms with E-state index in [4.69, 9.17) is 9.47 Å². The Kier molecular flexibility index (Phi) is 3.89. The summed E-state index contributed by atoms with van der Waals surface area (Å²) in [4.78, 5) is 2.38. The van der Waals surface area contributed by atoms with Gasteiger partial charge in [0.2, 0.25) is 0 Å². The fourth-order valence-electron chi connectivity index (χ4n) is 2.16. The van der Waals surface area contributed by atoms with Gasteiger partial charge in [0.1, 0.15) is 12.4 Å². The molecule has 3 nitrogen and oxygen atoms in total. The van der Waals surface area contributed by atoms with E-state index in [2.05, 4.69) is 36.9 Å². The van der Waals surface area contributed by atoms with Crippen LogP contribution in [0, 0.1) is 6.92 Å². The molecule has 0 saturated heterocycles. The van der Waals surface area contributed by atoms with E-state index in [9.17, 15) is 0 Å². The Morgan fingerprint density at radius 1 is 1.47 bits per heavy atom. The number of fused-ring (bicyclic) bond motifs is 1. The van der Waals surface area contributed by atoms with Crippen molar-refractivity contribution in [2.75, 3.05) is 31.3 Å². The standard InChI is InChI=1S/C14H21NO2/c1-4-16-8-7-15-12(3)10-17-14-6-5-11(2)9-13(14)15/h5-6,9,12H,4,7-8,10H2,1-3H3. The van der Waals surface area contributed by atoms with E-state index in [0.717, 1.165) is 32.1 Å². The smallest absolute Gasteiger partial charge is 0.142 e. The Balaban J connectivity index is 2.17. The molecule has 3 heteroatoms. The molecule has 0 bridgehead atoms. The number of benzene rings is 1. The highest BCUT2D eigenvalue weighted by Gasteiger charge is 2.23. The summed E-state index contributed by atoms with van der Waals surface area (Å²) < 4.78 is 11.2. The molecule has 1 aromatic rings. The third-order valence-electron chi connectivity index (χ3n) is 3.12. The minimum atomic E-state index is 0.407. The second-order valence-electron chi connectivity index (χ2n) is 4.52. The lowest BCUT2D eigenvalue weighted by Gasteiger charge is -2.37. The van der Waals surface area contributed by atoms with Crippen LogP contribution in [0.3, 0.4) is 0 Å². The van der Waals surface area contributed by atoms with Crippen LogP contribution in [0.1, 0.15) is 19.4 Å². The normalized spacial score (nSPS) is 18.8. The molecule has 0 spiro atoms. The molecule has 2 rings (SSSR count). The first-order chi connectivity index (χ1) is 8.22. The first-order valence-electron chi connectivity index (χ1n) is 6.30. The first kappa shape index (κ1) is 12.2. The van der Waals surface area contributed by atoms with Crippen LogP contribution in [0.4, 0.5) is 5.69 Å². The predicted octanol–water partition coefficient (Wildman–Crippen LogP) is 2.62. The van der Waals surface area contributed by atoms with Gasteiger partial charge in [0.05, 0.1) is 18.3 Å². The number of rotatable bonds is 4. The second-order valence-corrected chi connectivity index (χ2v) is 4.52. The highest BCUT2D eigenvalue weighted by atomic mass is 16.5. The summed E-state index contributed by atoms with van der Waals surface area (Å²) in [6.45, 7) is 9.56. The first-order valence-corrected chi connectivity index (χ1v) is 6.30. The van der Waals surface area contributed by atoms with E-state index in [1.165, 1.54) is 11.3 Å². The molecular weight excluding hydrogens is 214 g/mol. The topological polar surface area (TPSA) is 21.7 Å². The summed E-state index contributed by atoms with van der Waals surface area (Å²) in [5, 5.41) is 0. The van der Waals surface area contributed by atoms with Gasteiger partial charge in [0, 0.05) is 13.2 Å². The van der Waals surface area contributed by atoms with Crippen molar-refractivity contribution in [2.24, 2.45) is 0 Å². The van der Waals surface area contributed by atoms with Crippen LogP contribution in [-0.2, 0) is 4.74 Å². The van der Waals surface area contributed by atoms with Crippen molar-refractivity contribution in [1.29, 1.82) is 0 Å². The monoisotopic (exact) mass is 235 g/mol. The molecule has 1 aliphatic heterocycles. The zero-order chi connectivity index (χ0) is 12.3. The van der Waals surface area contributed by atoms with Crippen LogP contribution in [0.2, 0.25) is 0 Å². The maximum Gasteiger partial charge on any atom is 0.142 e. The van der Waals surface area contributed by atoms with Crippen LogP contribution < -0.4 is 9.64 Å². The minimum absolute atomic E-state index is 0.407. The van der Waals surface area contributed by atoms with Gasteiger partial charge in [-0.05, 0) is 38.5 Å². The molecule has 1 aliphatic rings. The summed E-state index contributed by atoms with van der Waals surface area (Å²) in [5.74, 6) is 0.991. The van der Waals surface area contributed by atoms with Gasteiger partial charge in [-0.25, -0.2) is 0 Å². The van der Waals surface area contributed by atoms with Gasteiger partial charge in [0.25, 0.3) is 0 Å². The van der Waals surface area contributed by atoms with Crippen molar-refractivity contribution in [1.82, 2.24) is 0 Å². The number of hydrogen-bond donors (Lipinski definition) is 0. The number of hydrogen-bond acceptors (Lipinski definition) is 3. The van der Waals surface area contributed by atoms with Gasteiger partial charge in [-0.3, -0.25) is 0 Å². The molecule has 0 saturated carbocycles. The summed E-state index contributed by atoms with van der Waals surface area (Å²) >= 11 is 0. The van der Waals surface area contributed by atoms with Crippen molar-refractivity contribution >= 4 is 5.69 Å². The fourth-order valence-corrected chi connectivity index (χ4v) is 2.16. The Morgan fingerprint density at radius 2 is 2.29 bits per heavy atom. The SMILES string of the molecule is CCOCCN1c2cc(C)ccc2OCC1C. The number of nitrogens with zero attached hydrogens (tertiary/aromatic N) is 1. The molecule has 1 atom stereocenters. The second kappa shape index (κ2) is 5.41. The van der Waals surface area contributed by atoms with Crippen molar-refractivity contribution in [3.05, 3.63) is 23.8 Å². The van der Waals surface area contributed by atoms with E-state index < -0.39 is 0 Å². The van der Waals surface area contributed by atoms with Crippen LogP contribution in [-0.4, -0.2) is 32.4 Å². The third kappa shape index (κ3) is 2.72. The molecule has 17 heavy (non-hydrogen) atoms. The van der Waals surface area contributed by atoms with E-state index >= 15 is 0 Å². The van der Waals surface area contributed by atoms with E-state index in [-0.39, 0.29) is 0 Å². The molecule has 0 radical (unpaired) electrons. The molecular formula is C14H21NO2. The van der Waals surface area contributed by atoms with E-state index in [1.54, 1.807) is 0 Å². The van der Waals surface area contributed by atoms with Gasteiger partial charge >= 0.3 is 0 Å². The molecule has 0 N–H and O–H groups in total. The van der Waals surface area contributed by atoms with Crippen molar-refractivity contribution in [3.63, 3.8) is 0 Å². The summed E-state index contributed by atoms with van der Waals surface area (Å²) in [5.41, 5.74) is 2.46. The van der Waals surface area contributed by atoms with E-state index in [0.29, 0.717) is 6.04 Å². The maximum atomic E-state index is 5.74. The lowest BCUT2D eigenvalue weighted by molar-refractivity contribution is 0.149. The molecule has 0 amide bonds. The average molecular weight is 235 g/mol. The highest BCUT2D eigenvalue weighted by Crippen LogP contribution is 2.34. The predicted molar refractivity (Wildman–Crippen MR) is 70.0 cm³/mol. The van der Waals surface area contributed by atoms with Crippen LogP contribution in [0.25, 0.3) is 0 Å². The molecule has 0 aromatic heterocycles. The number of anilines is 1. The quantitative estimate of drug-likeness (QED) is 0.749. The molecule has 1 heterocycles. The zero-order valence-corrected chi connectivity index (χ0v) is 10.9. The lowest BCUT2D eigenvalue weighted by atomic mass is 10.1. The van der Waals surface area contributed by atoms with Gasteiger partial charge in [-0.15, -0.1) is 0 Å². The minimum Gasteiger partial charge on any atom is -0.489 e. The summed E-state index contributed by atoms with van der Waals surface area (Å²) in [6.07, 6.45) is 0. The molecule has 1 unspecified atom stereocenters. The van der Waals surface area contributed by atoms with Crippen LogP contribution >= 0.6 is 0 Å². The maximum absolute atomic E-state index is 5.74. The van der Waals surface area contributed by atoms with Crippen LogP contribution in [0.5, 0.6) is 5.75 Å². The number of aryl methyl sites for hydroxylation is 1. The van der Waals surface area contributed by atoms with Crippen molar-refractivity contribution in [2.45, 2.75) is 26.8 Å². The fraction of sp³-hybridized carbons (Fsp3) is 0.571. The van der Waals surface area contributed by atoms with Gasteiger partial charge in [-0.1, -0.05) is 6.07 Å². The lowest BCUT2D eigenvalue weighted by Crippen LogP contribution is -2.42. The molecule has 1 aromatic carbocycles. The largest absolute Gasteiger partial charge is 0.489 e. The summed E-state index contributed by atoms with van der Waals surface area (Å²) in [6, 6.07) is 6.75. The average Bonchev–Trinajstić information content (AvgIpc) is 2.32. The third-order valence-corrected chi connectivity index (χ3v) is 3.12. The Morgan fingerprint density at radius 3 is 3.06 bits per heavy atom. The highest BCUT2D eigenvalue weighted by molar-refractivity contribution is 5.62. The summed E-state index contributed by atoms with van der Waals surface area (Å²) in [7, 11) is 0. The molecule has 94 valence electrons. The zero-order valence-electron chi connectivity index (χ0n) is 10.9. The Hall–Kier alpha value is -1.22. The Bertz CT molecular complexity index is 378. The molecule has 0 fully saturated rings. The van der Waals surface area contributed by atoms with Gasteiger partial charge in [-0.2, -0.15) is 0 Å². The van der Waals surface area contributed by atoms with Crippen molar-refractivity contribution in [3.8, 4) is 5.75 Å². The number of ether oxygens (including phenoxy) is 2. The molecule has 0 aliphatic carbocycles. The van der Waals surface area contributed by atoms with E-state index in [1.807, 2.05) is 6.92 Å². The van der Waals surface area contributed by atoms with Gasteiger partial charge in [0.15, 0.2) is 0 Å².